The van der Waals surface area contributed by atoms with Crippen molar-refractivity contribution in [3.05, 3.63) is 0 Å². The molecule has 0 rings (SSSR count). The summed E-state index contributed by atoms with van der Waals surface area (Å²) in [6.07, 6.45) is -7.79. The minimum atomic E-state index is -4.06. The van der Waals surface area contributed by atoms with Gasteiger partial charge in [-0.2, -0.15) is 0 Å². The number of esters is 1. The predicted octanol–water partition coefficient (Wildman–Crippen LogP) is 5.49. The highest BCUT2D eigenvalue weighted by molar-refractivity contribution is 8.00. The first-order valence-corrected chi connectivity index (χ1v) is 8.95. The molecule has 0 aliphatic heterocycles. The molecule has 0 heterocycles. The molecule has 0 amide bonds. The maximum Gasteiger partial charge on any atom is 0.319 e. The fourth-order valence-electron chi connectivity index (χ4n) is 1.88. The van der Waals surface area contributed by atoms with Crippen LogP contribution in [0.15, 0.2) is 0 Å². The highest BCUT2D eigenvalue weighted by Crippen LogP contribution is 2.32. The summed E-state index contributed by atoms with van der Waals surface area (Å²) >= 11 is 1.14. The predicted molar refractivity (Wildman–Crippen MR) is 86.6 cm³/mol. The summed E-state index contributed by atoms with van der Waals surface area (Å²) < 4.78 is 68.6. The molecule has 0 N–H and O–H groups in total. The number of carbonyl (C=O) groups excluding carboxylic acids is 1. The molecular formula is C16H27F5O2S. The Kier molecular flexibility index (Phi) is 9.61. The average molecular weight is 378 g/mol. The Morgan fingerprint density at radius 2 is 1.67 bits per heavy atom. The number of hydrogen-bond donors (Lipinski definition) is 0. The van der Waals surface area contributed by atoms with Crippen LogP contribution < -0.4 is 0 Å². The number of rotatable bonds is 10. The number of ether oxygens (including phenoxy) is 1. The molecule has 0 bridgehead atoms. The Morgan fingerprint density at radius 1 is 1.12 bits per heavy atom. The van der Waals surface area contributed by atoms with Crippen LogP contribution >= 0.6 is 11.8 Å². The molecule has 0 aromatic carbocycles. The van der Waals surface area contributed by atoms with Crippen LogP contribution in [0.5, 0.6) is 0 Å². The van der Waals surface area contributed by atoms with Crippen molar-refractivity contribution in [2.75, 3.05) is 5.75 Å². The summed E-state index contributed by atoms with van der Waals surface area (Å²) in [6, 6.07) is 0. The van der Waals surface area contributed by atoms with E-state index in [2.05, 4.69) is 0 Å². The fraction of sp³-hybridized carbons (Fsp3) is 0.938. The van der Waals surface area contributed by atoms with Crippen molar-refractivity contribution in [3.63, 3.8) is 0 Å². The quantitative estimate of drug-likeness (QED) is 0.285. The second kappa shape index (κ2) is 9.82. The third kappa shape index (κ3) is 9.69. The number of hydrogen-bond acceptors (Lipinski definition) is 3. The largest absolute Gasteiger partial charge is 0.459 e. The topological polar surface area (TPSA) is 26.3 Å². The molecule has 0 aromatic heterocycles. The van der Waals surface area contributed by atoms with Crippen molar-refractivity contribution < 1.29 is 31.5 Å². The molecule has 0 fully saturated rings. The molecule has 0 radical (unpaired) electrons. The lowest BCUT2D eigenvalue weighted by atomic mass is 10.1. The minimum absolute atomic E-state index is 0.141. The highest BCUT2D eigenvalue weighted by atomic mass is 32.2. The molecule has 0 spiro atoms. The zero-order valence-electron chi connectivity index (χ0n) is 14.8. The van der Waals surface area contributed by atoms with Gasteiger partial charge in [-0.25, -0.2) is 22.0 Å². The van der Waals surface area contributed by atoms with Crippen LogP contribution in [0.3, 0.4) is 0 Å². The monoisotopic (exact) mass is 378 g/mol. The smallest absolute Gasteiger partial charge is 0.319 e. The van der Waals surface area contributed by atoms with Crippen LogP contribution in [0.25, 0.3) is 0 Å². The van der Waals surface area contributed by atoms with E-state index in [9.17, 15) is 26.7 Å². The first-order valence-electron chi connectivity index (χ1n) is 7.90. The Morgan fingerprint density at radius 3 is 2.08 bits per heavy atom. The van der Waals surface area contributed by atoms with Crippen molar-refractivity contribution in [1.29, 1.82) is 0 Å². The molecule has 0 aliphatic carbocycles. The summed E-state index contributed by atoms with van der Waals surface area (Å²) in [7, 11) is 0. The van der Waals surface area contributed by atoms with Gasteiger partial charge in [0.2, 0.25) is 6.17 Å². The maximum absolute atomic E-state index is 13.2. The van der Waals surface area contributed by atoms with E-state index in [0.29, 0.717) is 6.42 Å². The third-order valence-corrected chi connectivity index (χ3v) is 4.26. The van der Waals surface area contributed by atoms with Gasteiger partial charge >= 0.3 is 5.97 Å². The molecule has 8 heteroatoms. The lowest BCUT2D eigenvalue weighted by Gasteiger charge is -2.25. The summed E-state index contributed by atoms with van der Waals surface area (Å²) in [5, 5.41) is -0.519. The molecule has 24 heavy (non-hydrogen) atoms. The van der Waals surface area contributed by atoms with E-state index in [4.69, 9.17) is 4.74 Å². The lowest BCUT2D eigenvalue weighted by molar-refractivity contribution is -0.154. The molecule has 0 aliphatic rings. The summed E-state index contributed by atoms with van der Waals surface area (Å²) in [5.41, 5.74) is -0.654. The van der Waals surface area contributed by atoms with Gasteiger partial charge < -0.3 is 4.74 Å². The fourth-order valence-corrected chi connectivity index (χ4v) is 3.18. The van der Waals surface area contributed by atoms with Crippen LogP contribution in [-0.2, 0) is 9.53 Å². The van der Waals surface area contributed by atoms with Gasteiger partial charge in [0, 0.05) is 6.42 Å². The van der Waals surface area contributed by atoms with Gasteiger partial charge in [-0.15, -0.1) is 11.8 Å². The SMILES string of the molecule is CC(C)CC(SCCCC(F)(F)C(F)C(F)F)C(=O)OC(C)(C)C. The summed E-state index contributed by atoms with van der Waals surface area (Å²) in [4.78, 5) is 12.1. The normalized spacial score (nSPS) is 15.7. The van der Waals surface area contributed by atoms with Crippen molar-refractivity contribution in [1.82, 2.24) is 0 Å². The van der Waals surface area contributed by atoms with Crippen molar-refractivity contribution in [2.45, 2.75) is 83.3 Å². The molecule has 2 nitrogen and oxygen atoms in total. The molecule has 2 unspecified atom stereocenters. The second-order valence-corrected chi connectivity index (χ2v) is 8.43. The van der Waals surface area contributed by atoms with Gasteiger partial charge in [0.1, 0.15) is 10.9 Å². The Labute approximate surface area is 144 Å². The van der Waals surface area contributed by atoms with Crippen LogP contribution in [0.4, 0.5) is 22.0 Å². The number of halogens is 5. The lowest BCUT2D eigenvalue weighted by Crippen LogP contribution is -2.35. The van der Waals surface area contributed by atoms with Crippen LogP contribution in [0.1, 0.15) is 53.9 Å². The van der Waals surface area contributed by atoms with Crippen molar-refractivity contribution >= 4 is 17.7 Å². The zero-order valence-corrected chi connectivity index (χ0v) is 15.6. The van der Waals surface area contributed by atoms with E-state index >= 15 is 0 Å². The Hall–Kier alpha value is -0.530. The van der Waals surface area contributed by atoms with E-state index < -0.39 is 41.8 Å². The van der Waals surface area contributed by atoms with Crippen LogP contribution in [0.2, 0.25) is 0 Å². The summed E-state index contributed by atoms with van der Waals surface area (Å²) in [5.74, 6) is -4.15. The number of thioether (sulfide) groups is 1. The number of carbonyl (C=O) groups is 1. The number of alkyl halides is 5. The van der Waals surface area contributed by atoms with Gasteiger partial charge in [-0.3, -0.25) is 4.79 Å². The molecule has 0 aromatic rings. The second-order valence-electron chi connectivity index (χ2n) is 7.12. The van der Waals surface area contributed by atoms with E-state index in [1.54, 1.807) is 20.8 Å². The highest BCUT2D eigenvalue weighted by Gasteiger charge is 2.45. The summed E-state index contributed by atoms with van der Waals surface area (Å²) in [6.45, 7) is 9.03. The molecule has 2 atom stereocenters. The van der Waals surface area contributed by atoms with Gasteiger partial charge in [0.15, 0.2) is 0 Å². The first kappa shape index (κ1) is 23.5. The Bertz CT molecular complexity index is 383. The third-order valence-electron chi connectivity index (χ3n) is 2.95. The van der Waals surface area contributed by atoms with Gasteiger partial charge in [0.05, 0.1) is 0 Å². The van der Waals surface area contributed by atoms with Gasteiger partial charge in [-0.05, 0) is 45.3 Å². The van der Waals surface area contributed by atoms with Crippen LogP contribution in [-0.4, -0.2) is 41.1 Å². The van der Waals surface area contributed by atoms with Crippen LogP contribution in [0, 0.1) is 5.92 Å². The zero-order chi connectivity index (χ0) is 19.1. The Balaban J connectivity index is 4.50. The van der Waals surface area contributed by atoms with Gasteiger partial charge in [-0.1, -0.05) is 13.8 Å². The molecule has 0 saturated carbocycles. The first-order chi connectivity index (χ1) is 10.8. The molecule has 0 saturated heterocycles. The van der Waals surface area contributed by atoms with Crippen molar-refractivity contribution in [2.24, 2.45) is 5.92 Å². The van der Waals surface area contributed by atoms with E-state index in [1.807, 2.05) is 13.8 Å². The maximum atomic E-state index is 13.2. The van der Waals surface area contributed by atoms with Gasteiger partial charge in [0.25, 0.3) is 12.3 Å². The van der Waals surface area contributed by atoms with E-state index in [1.165, 1.54) is 0 Å². The average Bonchev–Trinajstić information content (AvgIpc) is 2.38. The standard InChI is InChI=1S/C16H27F5O2S/c1-10(2)9-11(14(22)23-15(3,4)5)24-8-6-7-16(20,21)12(17)13(18)19/h10-13H,6-9H2,1-5H3. The van der Waals surface area contributed by atoms with E-state index in [-0.39, 0.29) is 18.1 Å². The minimum Gasteiger partial charge on any atom is -0.459 e. The van der Waals surface area contributed by atoms with E-state index in [0.717, 1.165) is 11.8 Å². The van der Waals surface area contributed by atoms with Crippen molar-refractivity contribution in [3.8, 4) is 0 Å². The molecule has 144 valence electrons. The molecular weight excluding hydrogens is 351 g/mol.